The number of aromatic hydroxyl groups is 1. The minimum Gasteiger partial charge on any atom is -0.505 e. The van der Waals surface area contributed by atoms with Gasteiger partial charge < -0.3 is 16.6 Å². The fraction of sp³-hybridized carbons (Fsp3) is 0.250. The molecule has 1 rings (SSSR count). The smallest absolute Gasteiger partial charge is 0.407 e. The molecule has 0 bridgehead atoms. The Morgan fingerprint density at radius 2 is 1.87 bits per heavy atom. The average molecular weight is 332 g/mol. The molecule has 3 nitrogen and oxygen atoms in total. The van der Waals surface area contributed by atoms with Crippen LogP contribution in [0.2, 0.25) is 0 Å². The van der Waals surface area contributed by atoms with Gasteiger partial charge in [-0.1, -0.05) is 6.07 Å². The number of nitrogen functional groups attached to an aromatic ring is 1. The molecule has 5 N–H and O–H groups in total. The van der Waals surface area contributed by atoms with Crippen molar-refractivity contribution < 1.29 is 18.3 Å². The lowest BCUT2D eigenvalue weighted by atomic mass is 10.1. The molecule has 0 saturated heterocycles. The number of phenolic OH excluding ortho intramolecular Hbond substituents is 1. The third kappa shape index (κ3) is 2.46. The van der Waals surface area contributed by atoms with Gasteiger partial charge in [-0.05, 0) is 28.7 Å². The molecule has 0 aliphatic rings. The second-order valence-electron chi connectivity index (χ2n) is 2.92. The summed E-state index contributed by atoms with van der Waals surface area (Å²) in [6, 6.07) is 0.263. The molecule has 84 valence electrons. The van der Waals surface area contributed by atoms with Crippen LogP contribution in [-0.4, -0.2) is 11.3 Å². The number of hydrogen-bond donors (Lipinski definition) is 3. The lowest BCUT2D eigenvalue weighted by Gasteiger charge is -2.18. The quantitative estimate of drug-likeness (QED) is 0.419. The van der Waals surface area contributed by atoms with Gasteiger partial charge in [-0.3, -0.25) is 0 Å². The zero-order chi connectivity index (χ0) is 11.8. The number of anilines is 1. The van der Waals surface area contributed by atoms with E-state index in [1.165, 1.54) is 6.07 Å². The molecular weight excluding hydrogens is 324 g/mol. The molecule has 7 heteroatoms. The number of halogens is 4. The van der Waals surface area contributed by atoms with Crippen molar-refractivity contribution in [3.05, 3.63) is 21.3 Å². The van der Waals surface area contributed by atoms with Gasteiger partial charge in [-0.15, -0.1) is 0 Å². The van der Waals surface area contributed by atoms with Gasteiger partial charge in [0.25, 0.3) is 0 Å². The molecule has 0 radical (unpaired) electrons. The van der Waals surface area contributed by atoms with Crippen LogP contribution in [0.25, 0.3) is 0 Å². The average Bonchev–Trinajstić information content (AvgIpc) is 2.12. The topological polar surface area (TPSA) is 72.3 Å². The molecule has 1 aromatic rings. The molecule has 0 spiro atoms. The number of phenols is 1. The summed E-state index contributed by atoms with van der Waals surface area (Å²) in [7, 11) is 0. The maximum Gasteiger partial charge on any atom is 0.407 e. The van der Waals surface area contributed by atoms with E-state index in [2.05, 4.69) is 0 Å². The number of benzene rings is 1. The largest absolute Gasteiger partial charge is 0.505 e. The summed E-state index contributed by atoms with van der Waals surface area (Å²) in [6.45, 7) is 0. The van der Waals surface area contributed by atoms with E-state index in [1.807, 2.05) is 0 Å². The standard InChI is InChI=1S/C8H8F3IN2O/c9-8(10,11)7(14)3-1-2-4(12)5(13)6(3)15/h1-2,7,15H,13-14H2/t7-/m0/s1. The molecule has 0 unspecified atom stereocenters. The summed E-state index contributed by atoms with van der Waals surface area (Å²) in [5, 5.41) is 9.40. The summed E-state index contributed by atoms with van der Waals surface area (Å²) in [5.74, 6) is -0.605. The molecule has 0 amide bonds. The Bertz CT molecular complexity index is 381. The zero-order valence-electron chi connectivity index (χ0n) is 7.35. The summed E-state index contributed by atoms with van der Waals surface area (Å²) in [6.07, 6.45) is -4.60. The first-order valence-electron chi connectivity index (χ1n) is 3.84. The van der Waals surface area contributed by atoms with E-state index in [9.17, 15) is 18.3 Å². The molecule has 0 aromatic heterocycles. The van der Waals surface area contributed by atoms with E-state index in [0.717, 1.165) is 6.07 Å². The highest BCUT2D eigenvalue weighted by Crippen LogP contribution is 2.38. The summed E-state index contributed by atoms with van der Waals surface area (Å²) in [5.41, 5.74) is 9.83. The Labute approximate surface area is 97.4 Å². The van der Waals surface area contributed by atoms with Crippen LogP contribution in [0, 0.1) is 3.57 Å². The highest BCUT2D eigenvalue weighted by molar-refractivity contribution is 14.1. The fourth-order valence-corrected chi connectivity index (χ4v) is 1.46. The van der Waals surface area contributed by atoms with E-state index >= 15 is 0 Å². The first kappa shape index (κ1) is 12.4. The Morgan fingerprint density at radius 3 is 2.33 bits per heavy atom. The van der Waals surface area contributed by atoms with Gasteiger partial charge in [0.05, 0.1) is 5.69 Å². The van der Waals surface area contributed by atoms with Crippen LogP contribution in [0.15, 0.2) is 12.1 Å². The third-order valence-electron chi connectivity index (χ3n) is 1.88. The van der Waals surface area contributed by atoms with Gasteiger partial charge in [-0.2, -0.15) is 13.2 Å². The Balaban J connectivity index is 3.23. The van der Waals surface area contributed by atoms with Crippen LogP contribution in [0.3, 0.4) is 0 Å². The SMILES string of the molecule is Nc1c(I)ccc([C@H](N)C(F)(F)F)c1O. The molecular formula is C8H8F3IN2O. The summed E-state index contributed by atoms with van der Waals surface area (Å²) < 4.78 is 37.3. The number of alkyl halides is 3. The zero-order valence-corrected chi connectivity index (χ0v) is 9.50. The van der Waals surface area contributed by atoms with Crippen molar-refractivity contribution in [2.75, 3.05) is 5.73 Å². The van der Waals surface area contributed by atoms with E-state index in [1.54, 1.807) is 22.6 Å². The first-order valence-corrected chi connectivity index (χ1v) is 4.92. The van der Waals surface area contributed by atoms with Crippen molar-refractivity contribution in [3.8, 4) is 5.75 Å². The maximum absolute atomic E-state index is 12.3. The van der Waals surface area contributed by atoms with Gasteiger partial charge in [0.15, 0.2) is 0 Å². The van der Waals surface area contributed by atoms with E-state index in [0.29, 0.717) is 3.57 Å². The van der Waals surface area contributed by atoms with Gasteiger partial charge in [0.2, 0.25) is 0 Å². The highest BCUT2D eigenvalue weighted by atomic mass is 127. The Hall–Kier alpha value is -0.700. The van der Waals surface area contributed by atoms with E-state index in [4.69, 9.17) is 11.5 Å². The van der Waals surface area contributed by atoms with Gasteiger partial charge >= 0.3 is 6.18 Å². The van der Waals surface area contributed by atoms with Crippen LogP contribution < -0.4 is 11.5 Å². The van der Waals surface area contributed by atoms with Gasteiger partial charge in [-0.25, -0.2) is 0 Å². The molecule has 0 aliphatic carbocycles. The first-order chi connectivity index (χ1) is 6.75. The molecule has 0 heterocycles. The molecule has 0 saturated carbocycles. The third-order valence-corrected chi connectivity index (χ3v) is 2.82. The minimum atomic E-state index is -4.60. The van der Waals surface area contributed by atoms with Crippen LogP contribution in [-0.2, 0) is 0 Å². The molecule has 0 fully saturated rings. The second kappa shape index (κ2) is 4.05. The van der Waals surface area contributed by atoms with Crippen molar-refractivity contribution in [2.24, 2.45) is 5.73 Å². The van der Waals surface area contributed by atoms with E-state index < -0.39 is 23.5 Å². The number of rotatable bonds is 1. The summed E-state index contributed by atoms with van der Waals surface area (Å²) in [4.78, 5) is 0. The number of hydrogen-bond acceptors (Lipinski definition) is 3. The molecule has 0 aliphatic heterocycles. The van der Waals surface area contributed by atoms with Crippen molar-refractivity contribution in [3.63, 3.8) is 0 Å². The molecule has 1 atom stereocenters. The molecule has 1 aromatic carbocycles. The minimum absolute atomic E-state index is 0.0900. The predicted molar refractivity (Wildman–Crippen MR) is 58.2 cm³/mol. The maximum atomic E-state index is 12.3. The monoisotopic (exact) mass is 332 g/mol. The summed E-state index contributed by atoms with van der Waals surface area (Å²) >= 11 is 1.80. The van der Waals surface area contributed by atoms with Crippen LogP contribution in [0.5, 0.6) is 5.75 Å². The fourth-order valence-electron chi connectivity index (χ4n) is 1.03. The number of nitrogens with two attached hydrogens (primary N) is 2. The Morgan fingerprint density at radius 1 is 1.33 bits per heavy atom. The van der Waals surface area contributed by atoms with Crippen molar-refractivity contribution in [1.29, 1.82) is 0 Å². The van der Waals surface area contributed by atoms with E-state index in [-0.39, 0.29) is 5.69 Å². The van der Waals surface area contributed by atoms with Gasteiger partial charge in [0.1, 0.15) is 11.8 Å². The Kier molecular flexibility index (Phi) is 3.34. The predicted octanol–water partition coefficient (Wildman–Crippen LogP) is 2.14. The highest BCUT2D eigenvalue weighted by Gasteiger charge is 2.39. The van der Waals surface area contributed by atoms with Crippen LogP contribution >= 0.6 is 22.6 Å². The second-order valence-corrected chi connectivity index (χ2v) is 4.08. The van der Waals surface area contributed by atoms with Crippen LogP contribution in [0.4, 0.5) is 18.9 Å². The van der Waals surface area contributed by atoms with Crippen molar-refractivity contribution >= 4 is 28.3 Å². The van der Waals surface area contributed by atoms with Crippen molar-refractivity contribution in [2.45, 2.75) is 12.2 Å². The van der Waals surface area contributed by atoms with Crippen LogP contribution in [0.1, 0.15) is 11.6 Å². The lowest BCUT2D eigenvalue weighted by molar-refractivity contribution is -0.149. The van der Waals surface area contributed by atoms with Gasteiger partial charge in [0, 0.05) is 9.13 Å². The normalized spacial score (nSPS) is 13.9. The molecule has 15 heavy (non-hydrogen) atoms. The van der Waals surface area contributed by atoms with Crippen molar-refractivity contribution in [1.82, 2.24) is 0 Å². The lowest BCUT2D eigenvalue weighted by Crippen LogP contribution is -2.28.